The molecule has 0 atom stereocenters. The summed E-state index contributed by atoms with van der Waals surface area (Å²) in [6.07, 6.45) is 0.0571. The second kappa shape index (κ2) is 6.30. The van der Waals surface area contributed by atoms with E-state index in [1.165, 1.54) is 0 Å². The van der Waals surface area contributed by atoms with Crippen molar-refractivity contribution in [3.05, 3.63) is 0 Å². The number of aliphatic carboxylic acids is 1. The van der Waals surface area contributed by atoms with E-state index in [9.17, 15) is 4.79 Å². The van der Waals surface area contributed by atoms with Crippen molar-refractivity contribution in [3.63, 3.8) is 0 Å². The van der Waals surface area contributed by atoms with E-state index in [2.05, 4.69) is 0 Å². The summed E-state index contributed by atoms with van der Waals surface area (Å²) >= 11 is 5.02. The quantitative estimate of drug-likeness (QED) is 0.454. The zero-order chi connectivity index (χ0) is 4.99. The molecule has 0 saturated carbocycles. The number of carboxylic acid groups (broad SMARTS) is 1. The Labute approximate surface area is 57.8 Å². The Bertz CT molecular complexity index is 56.9. The molecule has 0 saturated heterocycles. The van der Waals surface area contributed by atoms with Gasteiger partial charge >= 0.3 is 23.6 Å². The van der Waals surface area contributed by atoms with Crippen molar-refractivity contribution in [1.82, 2.24) is 0 Å². The minimum absolute atomic E-state index is 0. The van der Waals surface area contributed by atoms with Crippen molar-refractivity contribution < 1.29 is 9.90 Å². The number of carboxylic acids is 1. The standard InChI is InChI=1S/C3H5ClO2.GeH4/c4-2-1-3(5)6;/h1-2H2,(H,5,6);1H4. The Morgan fingerprint density at radius 1 is 1.71 bits per heavy atom. The first-order chi connectivity index (χ1) is 2.77. The number of carbonyl (C=O) groups is 1. The Balaban J connectivity index is 0. The molecule has 0 aromatic carbocycles. The summed E-state index contributed by atoms with van der Waals surface area (Å²) in [5.74, 6) is -0.639. The average Bonchev–Trinajstić information content (AvgIpc) is 1.35. The van der Waals surface area contributed by atoms with Crippen molar-refractivity contribution in [2.45, 2.75) is 6.42 Å². The first-order valence-electron chi connectivity index (χ1n) is 1.55. The second-order valence-electron chi connectivity index (χ2n) is 0.833. The van der Waals surface area contributed by atoms with Crippen LogP contribution in [-0.4, -0.2) is 34.6 Å². The van der Waals surface area contributed by atoms with Crippen LogP contribution in [0.4, 0.5) is 0 Å². The molecule has 1 N–H and O–H groups in total. The third-order valence-corrected chi connectivity index (χ3v) is 0.497. The SMILES string of the molecule is O=C(O)CCCl.[GeH4]. The molecule has 2 nitrogen and oxygen atoms in total. The van der Waals surface area contributed by atoms with E-state index in [4.69, 9.17) is 16.7 Å². The maximum atomic E-state index is 9.51. The van der Waals surface area contributed by atoms with Gasteiger partial charge in [0, 0.05) is 5.88 Å². The zero-order valence-corrected chi connectivity index (χ0v) is 3.90. The van der Waals surface area contributed by atoms with Crippen LogP contribution in [0.25, 0.3) is 0 Å². The Morgan fingerprint density at radius 3 is 2.14 bits per heavy atom. The predicted octanol–water partition coefficient (Wildman–Crippen LogP) is -0.752. The first-order valence-corrected chi connectivity index (χ1v) is 2.08. The van der Waals surface area contributed by atoms with Gasteiger partial charge in [-0.2, -0.15) is 0 Å². The van der Waals surface area contributed by atoms with Gasteiger partial charge in [0.1, 0.15) is 0 Å². The van der Waals surface area contributed by atoms with Gasteiger partial charge in [0.05, 0.1) is 6.42 Å². The molecule has 0 unspecified atom stereocenters. The molecule has 0 amide bonds. The van der Waals surface area contributed by atoms with Crippen LogP contribution in [0.2, 0.25) is 0 Å². The van der Waals surface area contributed by atoms with E-state index < -0.39 is 5.97 Å². The van der Waals surface area contributed by atoms with E-state index in [0.717, 1.165) is 0 Å². The zero-order valence-electron chi connectivity index (χ0n) is 3.15. The first kappa shape index (κ1) is 10.3. The molecule has 0 bridgehead atoms. The number of alkyl halides is 1. The van der Waals surface area contributed by atoms with Gasteiger partial charge in [-0.15, -0.1) is 11.6 Å². The van der Waals surface area contributed by atoms with Crippen molar-refractivity contribution in [1.29, 1.82) is 0 Å². The topological polar surface area (TPSA) is 37.3 Å². The van der Waals surface area contributed by atoms with Gasteiger partial charge < -0.3 is 5.11 Å². The van der Waals surface area contributed by atoms with Crippen LogP contribution < -0.4 is 0 Å². The van der Waals surface area contributed by atoms with Crippen LogP contribution in [0.3, 0.4) is 0 Å². The van der Waals surface area contributed by atoms with E-state index >= 15 is 0 Å². The average molecular weight is 185 g/mol. The predicted molar refractivity (Wildman–Crippen MR) is 34.3 cm³/mol. The van der Waals surface area contributed by atoms with Crippen molar-refractivity contribution in [2.75, 3.05) is 5.88 Å². The van der Waals surface area contributed by atoms with Gasteiger partial charge in [-0.3, -0.25) is 4.79 Å². The number of hydrogen-bond donors (Lipinski definition) is 1. The number of rotatable bonds is 2. The van der Waals surface area contributed by atoms with Gasteiger partial charge in [-0.25, -0.2) is 0 Å². The van der Waals surface area contributed by atoms with Crippen LogP contribution in [-0.2, 0) is 4.79 Å². The number of halogens is 1. The van der Waals surface area contributed by atoms with Gasteiger partial charge in [0.25, 0.3) is 0 Å². The van der Waals surface area contributed by atoms with Crippen LogP contribution in [0.1, 0.15) is 6.42 Å². The second-order valence-corrected chi connectivity index (χ2v) is 1.21. The molecule has 0 aliphatic heterocycles. The van der Waals surface area contributed by atoms with Crippen LogP contribution in [0.5, 0.6) is 0 Å². The van der Waals surface area contributed by atoms with Crippen LogP contribution in [0, 0.1) is 0 Å². The molecule has 0 aromatic heterocycles. The van der Waals surface area contributed by atoms with Gasteiger partial charge in [0.2, 0.25) is 0 Å². The molecule has 0 spiro atoms. The van der Waals surface area contributed by atoms with E-state index in [0.29, 0.717) is 0 Å². The van der Waals surface area contributed by atoms with Crippen molar-refractivity contribution >= 4 is 35.2 Å². The molecule has 0 aliphatic carbocycles. The summed E-state index contributed by atoms with van der Waals surface area (Å²) in [5.41, 5.74) is 0. The summed E-state index contributed by atoms with van der Waals surface area (Å²) in [4.78, 5) is 9.51. The fourth-order valence-corrected chi connectivity index (χ4v) is 0.243. The fraction of sp³-hybridized carbons (Fsp3) is 0.667. The maximum absolute atomic E-state index is 9.51. The van der Waals surface area contributed by atoms with Crippen molar-refractivity contribution in [3.8, 4) is 0 Å². The summed E-state index contributed by atoms with van der Waals surface area (Å²) in [7, 11) is 0. The molecular weight excluding hydrogens is 176 g/mol. The van der Waals surface area contributed by atoms with Crippen LogP contribution >= 0.6 is 11.6 Å². The van der Waals surface area contributed by atoms with E-state index in [1.54, 1.807) is 0 Å². The fourth-order valence-electron chi connectivity index (χ4n) is 0.0808. The minimum atomic E-state index is -0.843. The molecule has 4 heteroatoms. The summed E-state index contributed by atoms with van der Waals surface area (Å²) in [5, 5.41) is 7.83. The molecule has 0 rings (SSSR count). The molecule has 7 heavy (non-hydrogen) atoms. The van der Waals surface area contributed by atoms with Gasteiger partial charge in [0.15, 0.2) is 0 Å². The summed E-state index contributed by atoms with van der Waals surface area (Å²) in [6, 6.07) is 0. The molecule has 0 radical (unpaired) electrons. The number of hydrogen-bond acceptors (Lipinski definition) is 1. The Kier molecular flexibility index (Phi) is 9.29. The van der Waals surface area contributed by atoms with Gasteiger partial charge in [-0.1, -0.05) is 0 Å². The van der Waals surface area contributed by atoms with Crippen molar-refractivity contribution in [2.24, 2.45) is 0 Å². The normalized spacial score (nSPS) is 7.00. The monoisotopic (exact) mass is 186 g/mol. The summed E-state index contributed by atoms with van der Waals surface area (Å²) in [6.45, 7) is 0. The molecule has 44 valence electrons. The molecular formula is C3H9ClGeO2. The van der Waals surface area contributed by atoms with E-state index in [1.807, 2.05) is 0 Å². The summed E-state index contributed by atoms with van der Waals surface area (Å²) < 4.78 is 0. The van der Waals surface area contributed by atoms with E-state index in [-0.39, 0.29) is 29.9 Å². The van der Waals surface area contributed by atoms with Gasteiger partial charge in [-0.05, 0) is 0 Å². The Hall–Kier alpha value is 0.303. The molecule has 0 aliphatic rings. The van der Waals surface area contributed by atoms with Crippen LogP contribution in [0.15, 0.2) is 0 Å². The molecule has 0 heterocycles. The molecule has 0 fully saturated rings. The Morgan fingerprint density at radius 2 is 2.14 bits per heavy atom. The third-order valence-electron chi connectivity index (χ3n) is 0.308. The molecule has 0 aromatic rings. The third kappa shape index (κ3) is 10.7.